The Morgan fingerprint density at radius 3 is 2.90 bits per heavy atom. The number of nitro groups is 1. The minimum atomic E-state index is -0.812. The van der Waals surface area contributed by atoms with Crippen molar-refractivity contribution in [2.75, 3.05) is 11.9 Å². The second-order valence-electron chi connectivity index (χ2n) is 4.19. The molecule has 2 aromatic rings. The number of rotatable bonds is 5. The summed E-state index contributed by atoms with van der Waals surface area (Å²) in [6.45, 7) is 0.902. The van der Waals surface area contributed by atoms with Crippen molar-refractivity contribution in [1.29, 1.82) is 0 Å². The summed E-state index contributed by atoms with van der Waals surface area (Å²) < 4.78 is 14.9. The van der Waals surface area contributed by atoms with Crippen molar-refractivity contribution in [3.05, 3.63) is 52.3 Å². The third-order valence-electron chi connectivity index (χ3n) is 2.60. The van der Waals surface area contributed by atoms with E-state index in [1.165, 1.54) is 12.5 Å². The van der Waals surface area contributed by atoms with Crippen molar-refractivity contribution in [1.82, 2.24) is 9.55 Å². The lowest BCUT2D eigenvalue weighted by molar-refractivity contribution is -0.385. The molecule has 0 atom stereocenters. The fourth-order valence-corrected chi connectivity index (χ4v) is 1.70. The van der Waals surface area contributed by atoms with Gasteiger partial charge < -0.3 is 15.6 Å². The van der Waals surface area contributed by atoms with Crippen LogP contribution in [0.25, 0.3) is 0 Å². The number of nitrogens with zero attached hydrogens (tertiary/aromatic N) is 3. The minimum Gasteiger partial charge on any atom is -0.335 e. The number of nitrogens with one attached hydrogen (secondary N) is 1. The molecule has 0 aliphatic rings. The molecule has 8 nitrogen and oxygen atoms in total. The Balaban J connectivity index is 2.16. The number of carbonyl (C=O) groups excluding carboxylic acids is 1. The number of benzene rings is 1. The predicted molar refractivity (Wildman–Crippen MR) is 72.3 cm³/mol. The molecule has 0 fully saturated rings. The molecule has 2 rings (SSSR count). The molecule has 0 aliphatic heterocycles. The highest BCUT2D eigenvalue weighted by Gasteiger charge is 2.14. The zero-order valence-electron chi connectivity index (χ0n) is 10.8. The zero-order valence-corrected chi connectivity index (χ0v) is 10.8. The highest BCUT2D eigenvalue weighted by Crippen LogP contribution is 2.20. The largest absolute Gasteiger partial charge is 0.335 e. The maximum Gasteiger partial charge on any atom is 0.275 e. The summed E-state index contributed by atoms with van der Waals surface area (Å²) in [7, 11) is 0. The molecule has 1 heterocycles. The number of hydrogen-bond acceptors (Lipinski definition) is 5. The predicted octanol–water partition coefficient (Wildman–Crippen LogP) is 1.14. The lowest BCUT2D eigenvalue weighted by atomic mass is 10.2. The molecule has 1 aromatic carbocycles. The number of carbonyl (C=O) groups is 1. The number of amides is 1. The van der Waals surface area contributed by atoms with Gasteiger partial charge >= 0.3 is 0 Å². The first kappa shape index (κ1) is 14.6. The van der Waals surface area contributed by atoms with Crippen LogP contribution in [0.15, 0.2) is 30.7 Å². The number of non-ortho nitro benzene ring substituents is 1. The first-order valence-electron chi connectivity index (χ1n) is 5.98. The minimum absolute atomic E-state index is 0.0138. The van der Waals surface area contributed by atoms with Gasteiger partial charge in [0.25, 0.3) is 11.6 Å². The molecular weight excluding hydrogens is 281 g/mol. The summed E-state index contributed by atoms with van der Waals surface area (Å²) in [4.78, 5) is 25.7. The van der Waals surface area contributed by atoms with Gasteiger partial charge in [0.2, 0.25) is 0 Å². The lowest BCUT2D eigenvalue weighted by Crippen LogP contribution is -2.13. The number of nitrogens with two attached hydrogens (primary N) is 1. The van der Waals surface area contributed by atoms with Crippen LogP contribution in [0.4, 0.5) is 15.8 Å². The molecule has 9 heteroatoms. The van der Waals surface area contributed by atoms with Crippen molar-refractivity contribution >= 4 is 17.3 Å². The van der Waals surface area contributed by atoms with E-state index in [1.54, 1.807) is 4.57 Å². The Morgan fingerprint density at radius 2 is 2.24 bits per heavy atom. The third-order valence-corrected chi connectivity index (χ3v) is 2.60. The van der Waals surface area contributed by atoms with Crippen LogP contribution in [0.3, 0.4) is 0 Å². The van der Waals surface area contributed by atoms with Gasteiger partial charge in [0.15, 0.2) is 0 Å². The van der Waals surface area contributed by atoms with E-state index in [9.17, 15) is 19.3 Å². The topological polar surface area (TPSA) is 116 Å². The Bertz CT molecular complexity index is 685. The van der Waals surface area contributed by atoms with Gasteiger partial charge in [0, 0.05) is 25.4 Å². The van der Waals surface area contributed by atoms with Crippen LogP contribution in [0.5, 0.6) is 0 Å². The van der Waals surface area contributed by atoms with E-state index in [0.717, 1.165) is 18.2 Å². The fraction of sp³-hybridized carbons (Fsp3) is 0.167. The number of anilines is 1. The molecule has 0 unspecified atom stereocenters. The Kier molecular flexibility index (Phi) is 4.24. The summed E-state index contributed by atoms with van der Waals surface area (Å²) in [5, 5.41) is 13.0. The van der Waals surface area contributed by atoms with E-state index >= 15 is 0 Å². The average molecular weight is 293 g/mol. The molecule has 21 heavy (non-hydrogen) atoms. The smallest absolute Gasteiger partial charge is 0.275 e. The number of aromatic nitrogens is 2. The summed E-state index contributed by atoms with van der Waals surface area (Å²) in [5.41, 5.74) is 5.02. The number of imidazole rings is 1. The molecule has 3 N–H and O–H groups in total. The maximum absolute atomic E-state index is 13.3. The van der Waals surface area contributed by atoms with Gasteiger partial charge in [-0.1, -0.05) is 0 Å². The highest BCUT2D eigenvalue weighted by molar-refractivity contribution is 6.02. The zero-order chi connectivity index (χ0) is 15.4. The van der Waals surface area contributed by atoms with Gasteiger partial charge in [-0.2, -0.15) is 0 Å². The van der Waals surface area contributed by atoms with Crippen molar-refractivity contribution < 1.29 is 14.1 Å². The number of hydrogen-bond donors (Lipinski definition) is 2. The van der Waals surface area contributed by atoms with E-state index in [4.69, 9.17) is 5.73 Å². The van der Waals surface area contributed by atoms with Gasteiger partial charge in [-0.05, 0) is 6.07 Å². The second kappa shape index (κ2) is 6.09. The molecule has 0 bridgehead atoms. The molecule has 1 aromatic heterocycles. The molecule has 1 amide bonds. The van der Waals surface area contributed by atoms with Crippen molar-refractivity contribution in [3.63, 3.8) is 0 Å². The Labute approximate surface area is 118 Å². The number of nitro benzene ring substituents is 1. The summed E-state index contributed by atoms with van der Waals surface area (Å²) in [6, 6.07) is 2.82. The summed E-state index contributed by atoms with van der Waals surface area (Å²) >= 11 is 0. The fourth-order valence-electron chi connectivity index (χ4n) is 1.70. The average Bonchev–Trinajstić information content (AvgIpc) is 2.87. The first-order valence-corrected chi connectivity index (χ1v) is 5.98. The molecule has 110 valence electrons. The van der Waals surface area contributed by atoms with Crippen LogP contribution in [0.1, 0.15) is 10.5 Å². The second-order valence-corrected chi connectivity index (χ2v) is 4.19. The van der Waals surface area contributed by atoms with Gasteiger partial charge in [-0.15, -0.1) is 0 Å². The van der Waals surface area contributed by atoms with Crippen molar-refractivity contribution in [2.45, 2.75) is 6.54 Å². The SMILES string of the molecule is NCCn1cnc(C(=O)Nc2cc(F)cc([N+](=O)[O-])c2)c1. The molecule has 0 saturated carbocycles. The molecule has 0 aliphatic carbocycles. The quantitative estimate of drug-likeness (QED) is 0.633. The van der Waals surface area contributed by atoms with Gasteiger partial charge in [0.1, 0.15) is 11.5 Å². The molecular formula is C12H12FN5O3. The molecule has 0 radical (unpaired) electrons. The third kappa shape index (κ3) is 3.60. The van der Waals surface area contributed by atoms with Crippen LogP contribution >= 0.6 is 0 Å². The van der Waals surface area contributed by atoms with E-state index in [-0.39, 0.29) is 11.4 Å². The van der Waals surface area contributed by atoms with Gasteiger partial charge in [0.05, 0.1) is 23.0 Å². The maximum atomic E-state index is 13.3. The first-order chi connectivity index (χ1) is 9.99. The van der Waals surface area contributed by atoms with Gasteiger partial charge in [-0.3, -0.25) is 14.9 Å². The van der Waals surface area contributed by atoms with E-state index in [1.807, 2.05) is 0 Å². The molecule has 0 saturated heterocycles. The van der Waals surface area contributed by atoms with Gasteiger partial charge in [-0.25, -0.2) is 9.37 Å². The molecule has 0 spiro atoms. The highest BCUT2D eigenvalue weighted by atomic mass is 19.1. The Hall–Kier alpha value is -2.81. The normalized spacial score (nSPS) is 10.4. The van der Waals surface area contributed by atoms with E-state index in [2.05, 4.69) is 10.3 Å². The van der Waals surface area contributed by atoms with Crippen LogP contribution in [-0.4, -0.2) is 26.9 Å². The van der Waals surface area contributed by atoms with E-state index < -0.39 is 22.3 Å². The monoisotopic (exact) mass is 293 g/mol. The standard InChI is InChI=1S/C12H12FN5O3/c13-8-3-9(5-10(4-8)18(20)21)16-12(19)11-6-17(2-1-14)7-15-11/h3-7H,1-2,14H2,(H,16,19). The summed E-state index contributed by atoms with van der Waals surface area (Å²) in [5.74, 6) is -1.40. The van der Waals surface area contributed by atoms with Crippen molar-refractivity contribution in [3.8, 4) is 0 Å². The lowest BCUT2D eigenvalue weighted by Gasteiger charge is -2.03. The van der Waals surface area contributed by atoms with Crippen molar-refractivity contribution in [2.24, 2.45) is 5.73 Å². The van der Waals surface area contributed by atoms with Crippen LogP contribution in [-0.2, 0) is 6.54 Å². The summed E-state index contributed by atoms with van der Waals surface area (Å²) in [6.07, 6.45) is 2.92. The number of halogens is 1. The Morgan fingerprint density at radius 1 is 1.48 bits per heavy atom. The van der Waals surface area contributed by atoms with Crippen LogP contribution in [0.2, 0.25) is 0 Å². The van der Waals surface area contributed by atoms with Crippen LogP contribution in [0, 0.1) is 15.9 Å². The van der Waals surface area contributed by atoms with Crippen LogP contribution < -0.4 is 11.1 Å². The van der Waals surface area contributed by atoms with E-state index in [0.29, 0.717) is 13.1 Å².